The first kappa shape index (κ1) is 17.8. The minimum absolute atomic E-state index is 0.0460. The number of hydrogen-bond acceptors (Lipinski definition) is 4. The van der Waals surface area contributed by atoms with Gasteiger partial charge in [-0.3, -0.25) is 4.79 Å². The number of fused-ring (bicyclic) bond motifs is 1. The summed E-state index contributed by atoms with van der Waals surface area (Å²) >= 11 is 1.44. The second-order valence-electron chi connectivity index (χ2n) is 6.65. The number of benzene rings is 2. The number of amides is 1. The van der Waals surface area contributed by atoms with Gasteiger partial charge in [0, 0.05) is 18.2 Å². The zero-order valence-electron chi connectivity index (χ0n) is 15.3. The molecule has 1 aliphatic carbocycles. The zero-order chi connectivity index (χ0) is 18.6. The Morgan fingerprint density at radius 3 is 2.41 bits per heavy atom. The van der Waals surface area contributed by atoms with E-state index in [0.29, 0.717) is 5.75 Å². The lowest BCUT2D eigenvalue weighted by Crippen LogP contribution is -2.36. The van der Waals surface area contributed by atoms with Gasteiger partial charge in [0.05, 0.1) is 5.75 Å². The summed E-state index contributed by atoms with van der Waals surface area (Å²) in [6.45, 7) is 2.83. The summed E-state index contributed by atoms with van der Waals surface area (Å²) in [4.78, 5) is 12.4. The number of carbonyl (C=O) groups excluding carboxylic acids is 1. The first-order valence-electron chi connectivity index (χ1n) is 9.22. The molecule has 0 atom stereocenters. The van der Waals surface area contributed by atoms with E-state index in [1.807, 2.05) is 30.3 Å². The molecular weight excluding hydrogens is 356 g/mol. The van der Waals surface area contributed by atoms with E-state index in [1.54, 1.807) is 0 Å². The Bertz CT molecular complexity index is 913. The van der Waals surface area contributed by atoms with Crippen molar-refractivity contribution in [1.82, 2.24) is 20.1 Å². The van der Waals surface area contributed by atoms with Crippen LogP contribution in [-0.2, 0) is 24.2 Å². The van der Waals surface area contributed by atoms with Crippen LogP contribution < -0.4 is 5.32 Å². The van der Waals surface area contributed by atoms with E-state index in [9.17, 15) is 4.79 Å². The van der Waals surface area contributed by atoms with E-state index in [1.165, 1.54) is 22.9 Å². The summed E-state index contributed by atoms with van der Waals surface area (Å²) in [5, 5.41) is 12.6. The Hall–Kier alpha value is -2.60. The standard InChI is InChI=1S/C21H22N4OS/c1-2-25-20(15-8-4-3-5-9-15)23-24-21(25)27-14-19(26)22-18-12-16-10-6-7-11-17(16)13-18/h3-11,18H,2,12-14H2,1H3,(H,22,26). The second kappa shape index (κ2) is 7.96. The summed E-state index contributed by atoms with van der Waals surface area (Å²) in [5.74, 6) is 1.23. The normalized spacial score (nSPS) is 13.5. The van der Waals surface area contributed by atoms with Gasteiger partial charge in [0.2, 0.25) is 5.91 Å². The Labute approximate surface area is 163 Å². The average Bonchev–Trinajstić information content (AvgIpc) is 3.29. The predicted molar refractivity (Wildman–Crippen MR) is 108 cm³/mol. The fourth-order valence-electron chi connectivity index (χ4n) is 3.54. The van der Waals surface area contributed by atoms with Crippen molar-refractivity contribution in [3.8, 4) is 11.4 Å². The fraction of sp³-hybridized carbons (Fsp3) is 0.286. The molecule has 0 spiro atoms. The molecule has 0 saturated heterocycles. The van der Waals surface area contributed by atoms with Crippen LogP contribution >= 0.6 is 11.8 Å². The molecule has 4 rings (SSSR count). The van der Waals surface area contributed by atoms with Gasteiger partial charge < -0.3 is 9.88 Å². The van der Waals surface area contributed by atoms with Gasteiger partial charge in [0.25, 0.3) is 0 Å². The first-order valence-corrected chi connectivity index (χ1v) is 10.2. The molecule has 27 heavy (non-hydrogen) atoms. The van der Waals surface area contributed by atoms with E-state index in [2.05, 4.69) is 51.3 Å². The molecule has 0 saturated carbocycles. The van der Waals surface area contributed by atoms with Crippen molar-refractivity contribution in [3.63, 3.8) is 0 Å². The van der Waals surface area contributed by atoms with Crippen LogP contribution in [0.15, 0.2) is 59.8 Å². The van der Waals surface area contributed by atoms with Crippen molar-refractivity contribution < 1.29 is 4.79 Å². The van der Waals surface area contributed by atoms with Crippen molar-refractivity contribution >= 4 is 17.7 Å². The van der Waals surface area contributed by atoms with E-state index in [0.717, 1.165) is 35.9 Å². The molecule has 1 N–H and O–H groups in total. The fourth-order valence-corrected chi connectivity index (χ4v) is 4.36. The molecule has 0 bridgehead atoms. The van der Waals surface area contributed by atoms with Crippen molar-refractivity contribution in [2.45, 2.75) is 37.5 Å². The Morgan fingerprint density at radius 2 is 1.74 bits per heavy atom. The lowest BCUT2D eigenvalue weighted by Gasteiger charge is -2.12. The second-order valence-corrected chi connectivity index (χ2v) is 7.59. The predicted octanol–water partition coefficient (Wildman–Crippen LogP) is 3.34. The lowest BCUT2D eigenvalue weighted by atomic mass is 10.1. The van der Waals surface area contributed by atoms with E-state index < -0.39 is 0 Å². The number of carbonyl (C=O) groups is 1. The number of aromatic nitrogens is 3. The number of rotatable bonds is 6. The highest BCUT2D eigenvalue weighted by Crippen LogP contribution is 2.24. The van der Waals surface area contributed by atoms with Gasteiger partial charge in [-0.1, -0.05) is 66.4 Å². The molecule has 0 radical (unpaired) electrons. The lowest BCUT2D eigenvalue weighted by molar-refractivity contribution is -0.119. The molecule has 2 aromatic carbocycles. The molecule has 1 aromatic heterocycles. The topological polar surface area (TPSA) is 59.8 Å². The maximum Gasteiger partial charge on any atom is 0.230 e. The maximum atomic E-state index is 12.4. The molecule has 1 heterocycles. The van der Waals surface area contributed by atoms with Crippen LogP contribution in [0, 0.1) is 0 Å². The van der Waals surface area contributed by atoms with Crippen LogP contribution in [0.2, 0.25) is 0 Å². The van der Waals surface area contributed by atoms with Crippen molar-refractivity contribution in [2.24, 2.45) is 0 Å². The summed E-state index contributed by atoms with van der Waals surface area (Å²) in [6, 6.07) is 18.6. The number of thioether (sulfide) groups is 1. The molecule has 0 aliphatic heterocycles. The SMILES string of the molecule is CCn1c(SCC(=O)NC2Cc3ccccc3C2)nnc1-c1ccccc1. The highest BCUT2D eigenvalue weighted by atomic mass is 32.2. The Morgan fingerprint density at radius 1 is 1.07 bits per heavy atom. The highest BCUT2D eigenvalue weighted by molar-refractivity contribution is 7.99. The first-order chi connectivity index (χ1) is 13.2. The number of nitrogens with zero attached hydrogens (tertiary/aromatic N) is 3. The third kappa shape index (κ3) is 3.90. The minimum Gasteiger partial charge on any atom is -0.352 e. The van der Waals surface area contributed by atoms with Crippen LogP contribution in [-0.4, -0.2) is 32.5 Å². The van der Waals surface area contributed by atoms with Crippen LogP contribution in [0.3, 0.4) is 0 Å². The monoisotopic (exact) mass is 378 g/mol. The van der Waals surface area contributed by atoms with Gasteiger partial charge in [-0.05, 0) is 30.9 Å². The van der Waals surface area contributed by atoms with Gasteiger partial charge in [0.1, 0.15) is 0 Å². The minimum atomic E-state index is 0.0460. The summed E-state index contributed by atoms with van der Waals surface area (Å²) in [5.41, 5.74) is 3.72. The zero-order valence-corrected chi connectivity index (χ0v) is 16.1. The molecule has 1 amide bonds. The van der Waals surface area contributed by atoms with Crippen LogP contribution in [0.5, 0.6) is 0 Å². The maximum absolute atomic E-state index is 12.4. The van der Waals surface area contributed by atoms with Crippen LogP contribution in [0.25, 0.3) is 11.4 Å². The van der Waals surface area contributed by atoms with Crippen LogP contribution in [0.4, 0.5) is 0 Å². The molecule has 0 fully saturated rings. The smallest absolute Gasteiger partial charge is 0.230 e. The van der Waals surface area contributed by atoms with Gasteiger partial charge >= 0.3 is 0 Å². The third-order valence-corrected chi connectivity index (χ3v) is 5.78. The molecule has 0 unspecified atom stereocenters. The van der Waals surface area contributed by atoms with Crippen molar-refractivity contribution in [2.75, 3.05) is 5.75 Å². The quantitative estimate of drug-likeness (QED) is 0.669. The summed E-state index contributed by atoms with van der Waals surface area (Å²) in [7, 11) is 0. The van der Waals surface area contributed by atoms with E-state index >= 15 is 0 Å². The van der Waals surface area contributed by atoms with Gasteiger partial charge in [-0.2, -0.15) is 0 Å². The molecular formula is C21H22N4OS. The van der Waals surface area contributed by atoms with Crippen molar-refractivity contribution in [3.05, 3.63) is 65.7 Å². The molecule has 138 valence electrons. The molecule has 5 nitrogen and oxygen atoms in total. The van der Waals surface area contributed by atoms with Gasteiger partial charge in [-0.15, -0.1) is 10.2 Å². The third-order valence-electron chi connectivity index (χ3n) is 4.81. The van der Waals surface area contributed by atoms with Crippen LogP contribution in [0.1, 0.15) is 18.1 Å². The molecule has 3 aromatic rings. The van der Waals surface area contributed by atoms with E-state index in [4.69, 9.17) is 0 Å². The largest absolute Gasteiger partial charge is 0.352 e. The summed E-state index contributed by atoms with van der Waals surface area (Å²) < 4.78 is 2.05. The van der Waals surface area contributed by atoms with Crippen molar-refractivity contribution in [1.29, 1.82) is 0 Å². The van der Waals surface area contributed by atoms with E-state index in [-0.39, 0.29) is 11.9 Å². The highest BCUT2D eigenvalue weighted by Gasteiger charge is 2.22. The summed E-state index contributed by atoms with van der Waals surface area (Å²) in [6.07, 6.45) is 1.83. The molecule has 1 aliphatic rings. The van der Waals surface area contributed by atoms with Gasteiger partial charge in [0.15, 0.2) is 11.0 Å². The van der Waals surface area contributed by atoms with Gasteiger partial charge in [-0.25, -0.2) is 0 Å². The molecule has 6 heteroatoms. The number of hydrogen-bond donors (Lipinski definition) is 1. The Kier molecular flexibility index (Phi) is 5.25. The number of nitrogens with one attached hydrogen (secondary N) is 1. The average molecular weight is 379 g/mol. The Balaban J connectivity index is 1.37.